The topological polar surface area (TPSA) is 35.2 Å². The highest BCUT2D eigenvalue weighted by Gasteiger charge is 2.61. The minimum atomic E-state index is -0.704. The standard InChI is InChI=1S/C12H15F2NO/c1-11(2)6-12(11,15)8-4-7(13)5-9(14)10(8)16-3/h4-5H,6,15H2,1-3H3. The Bertz CT molecular complexity index is 445. The molecular formula is C12H15F2NO. The van der Waals surface area contributed by atoms with Crippen molar-refractivity contribution in [1.82, 2.24) is 0 Å². The molecule has 4 heteroatoms. The van der Waals surface area contributed by atoms with Crippen LogP contribution in [-0.4, -0.2) is 7.11 Å². The van der Waals surface area contributed by atoms with Gasteiger partial charge < -0.3 is 10.5 Å². The van der Waals surface area contributed by atoms with Crippen molar-refractivity contribution >= 4 is 0 Å². The molecule has 1 unspecified atom stereocenters. The summed E-state index contributed by atoms with van der Waals surface area (Å²) >= 11 is 0. The van der Waals surface area contributed by atoms with E-state index in [1.54, 1.807) is 0 Å². The first kappa shape index (κ1) is 11.3. The third-order valence-electron chi connectivity index (χ3n) is 3.50. The van der Waals surface area contributed by atoms with E-state index in [9.17, 15) is 8.78 Å². The Balaban J connectivity index is 2.57. The molecule has 2 rings (SSSR count). The molecule has 2 nitrogen and oxygen atoms in total. The van der Waals surface area contributed by atoms with E-state index >= 15 is 0 Å². The fourth-order valence-corrected chi connectivity index (χ4v) is 2.21. The molecule has 0 amide bonds. The molecule has 1 fully saturated rings. The van der Waals surface area contributed by atoms with E-state index in [1.807, 2.05) is 13.8 Å². The second kappa shape index (κ2) is 3.17. The van der Waals surface area contributed by atoms with Gasteiger partial charge in [-0.3, -0.25) is 0 Å². The molecule has 0 spiro atoms. The Hall–Kier alpha value is -1.16. The van der Waals surface area contributed by atoms with Crippen LogP contribution in [0.2, 0.25) is 0 Å². The number of hydrogen-bond acceptors (Lipinski definition) is 2. The van der Waals surface area contributed by atoms with Gasteiger partial charge in [0.1, 0.15) is 5.82 Å². The van der Waals surface area contributed by atoms with Gasteiger partial charge in [-0.25, -0.2) is 8.78 Å². The van der Waals surface area contributed by atoms with Gasteiger partial charge >= 0.3 is 0 Å². The van der Waals surface area contributed by atoms with Crippen LogP contribution in [0.4, 0.5) is 8.78 Å². The van der Waals surface area contributed by atoms with Crippen molar-refractivity contribution in [3.63, 3.8) is 0 Å². The molecule has 0 aliphatic heterocycles. The van der Waals surface area contributed by atoms with Crippen LogP contribution in [0.5, 0.6) is 5.75 Å². The molecule has 0 saturated heterocycles. The summed E-state index contributed by atoms with van der Waals surface area (Å²) in [6.45, 7) is 3.94. The van der Waals surface area contributed by atoms with Gasteiger partial charge in [-0.1, -0.05) is 13.8 Å². The van der Waals surface area contributed by atoms with Crippen molar-refractivity contribution in [2.75, 3.05) is 7.11 Å². The van der Waals surface area contributed by atoms with Gasteiger partial charge in [0.05, 0.1) is 12.6 Å². The van der Waals surface area contributed by atoms with Gasteiger partial charge in [0, 0.05) is 11.6 Å². The van der Waals surface area contributed by atoms with Crippen LogP contribution in [0.15, 0.2) is 12.1 Å². The number of hydrogen-bond donors (Lipinski definition) is 1. The minimum Gasteiger partial charge on any atom is -0.493 e. The zero-order valence-electron chi connectivity index (χ0n) is 9.60. The Morgan fingerprint density at radius 3 is 2.31 bits per heavy atom. The molecule has 1 atom stereocenters. The SMILES string of the molecule is COc1c(F)cc(F)cc1C1(N)CC1(C)C. The second-order valence-corrected chi connectivity index (χ2v) is 5.00. The molecule has 1 saturated carbocycles. The summed E-state index contributed by atoms with van der Waals surface area (Å²) in [7, 11) is 1.36. The molecule has 16 heavy (non-hydrogen) atoms. The monoisotopic (exact) mass is 227 g/mol. The zero-order chi connectivity index (χ0) is 12.1. The van der Waals surface area contributed by atoms with E-state index in [1.165, 1.54) is 13.2 Å². The smallest absolute Gasteiger partial charge is 0.168 e. The summed E-state index contributed by atoms with van der Waals surface area (Å²) < 4.78 is 31.7. The lowest BCUT2D eigenvalue weighted by Gasteiger charge is -2.19. The maximum atomic E-state index is 13.5. The summed E-state index contributed by atoms with van der Waals surface area (Å²) in [5, 5.41) is 0. The Morgan fingerprint density at radius 1 is 1.31 bits per heavy atom. The van der Waals surface area contributed by atoms with Gasteiger partial charge in [-0.15, -0.1) is 0 Å². The van der Waals surface area contributed by atoms with Crippen LogP contribution in [0.3, 0.4) is 0 Å². The first-order chi connectivity index (χ1) is 7.32. The van der Waals surface area contributed by atoms with E-state index in [2.05, 4.69) is 0 Å². The van der Waals surface area contributed by atoms with E-state index in [4.69, 9.17) is 10.5 Å². The fourth-order valence-electron chi connectivity index (χ4n) is 2.21. The molecule has 0 bridgehead atoms. The Labute approximate surface area is 93.4 Å². The van der Waals surface area contributed by atoms with Crippen molar-refractivity contribution in [3.8, 4) is 5.75 Å². The largest absolute Gasteiger partial charge is 0.493 e. The lowest BCUT2D eigenvalue weighted by Crippen LogP contribution is -2.26. The number of rotatable bonds is 2. The van der Waals surface area contributed by atoms with Gasteiger partial charge in [-0.05, 0) is 17.9 Å². The number of benzene rings is 1. The van der Waals surface area contributed by atoms with Crippen LogP contribution in [0, 0.1) is 17.0 Å². The molecular weight excluding hydrogens is 212 g/mol. The molecule has 2 N–H and O–H groups in total. The molecule has 1 aromatic carbocycles. The number of nitrogens with two attached hydrogens (primary N) is 1. The maximum absolute atomic E-state index is 13.5. The predicted molar refractivity (Wildman–Crippen MR) is 57.2 cm³/mol. The third kappa shape index (κ3) is 1.40. The van der Waals surface area contributed by atoms with Gasteiger partial charge in [0.25, 0.3) is 0 Å². The van der Waals surface area contributed by atoms with Crippen LogP contribution in [0.1, 0.15) is 25.8 Å². The van der Waals surface area contributed by atoms with Gasteiger partial charge in [-0.2, -0.15) is 0 Å². The summed E-state index contributed by atoms with van der Waals surface area (Å²) in [5.74, 6) is -1.28. The van der Waals surface area contributed by atoms with E-state index in [-0.39, 0.29) is 11.2 Å². The predicted octanol–water partition coefficient (Wildman–Crippen LogP) is 2.56. The molecule has 1 aliphatic rings. The van der Waals surface area contributed by atoms with Crippen molar-refractivity contribution < 1.29 is 13.5 Å². The summed E-state index contributed by atoms with van der Waals surface area (Å²) in [5.41, 5.74) is 5.72. The summed E-state index contributed by atoms with van der Waals surface area (Å²) in [6, 6.07) is 2.07. The van der Waals surface area contributed by atoms with E-state index in [0.717, 1.165) is 6.07 Å². The van der Waals surface area contributed by atoms with Gasteiger partial charge in [0.2, 0.25) is 0 Å². The molecule has 1 aromatic rings. The summed E-state index contributed by atoms with van der Waals surface area (Å²) in [4.78, 5) is 0. The molecule has 88 valence electrons. The molecule has 0 heterocycles. The number of ether oxygens (including phenoxy) is 1. The normalized spacial score (nSPS) is 26.6. The quantitative estimate of drug-likeness (QED) is 0.842. The van der Waals surface area contributed by atoms with Gasteiger partial charge in [0.15, 0.2) is 11.6 Å². The van der Waals surface area contributed by atoms with Crippen molar-refractivity contribution in [2.24, 2.45) is 11.1 Å². The Kier molecular flexibility index (Phi) is 2.24. The highest BCUT2D eigenvalue weighted by Crippen LogP contribution is 2.62. The van der Waals surface area contributed by atoms with Crippen LogP contribution in [0.25, 0.3) is 0 Å². The number of halogens is 2. The van der Waals surface area contributed by atoms with Crippen LogP contribution in [-0.2, 0) is 5.54 Å². The van der Waals surface area contributed by atoms with E-state index in [0.29, 0.717) is 12.0 Å². The van der Waals surface area contributed by atoms with Crippen molar-refractivity contribution in [2.45, 2.75) is 25.8 Å². The van der Waals surface area contributed by atoms with Crippen LogP contribution < -0.4 is 10.5 Å². The fraction of sp³-hybridized carbons (Fsp3) is 0.500. The highest BCUT2D eigenvalue weighted by atomic mass is 19.1. The number of methoxy groups -OCH3 is 1. The molecule has 1 aliphatic carbocycles. The highest BCUT2D eigenvalue weighted by molar-refractivity contribution is 5.46. The van der Waals surface area contributed by atoms with Crippen molar-refractivity contribution in [3.05, 3.63) is 29.3 Å². The van der Waals surface area contributed by atoms with E-state index < -0.39 is 17.2 Å². The third-order valence-corrected chi connectivity index (χ3v) is 3.50. The average Bonchev–Trinajstić information content (AvgIpc) is 2.66. The summed E-state index contributed by atoms with van der Waals surface area (Å²) in [6.07, 6.45) is 0.694. The van der Waals surface area contributed by atoms with Crippen LogP contribution >= 0.6 is 0 Å². The lowest BCUT2D eigenvalue weighted by molar-refractivity contribution is 0.366. The minimum absolute atomic E-state index is 0.0504. The average molecular weight is 227 g/mol. The first-order valence-electron chi connectivity index (χ1n) is 5.14. The Morgan fingerprint density at radius 2 is 1.88 bits per heavy atom. The molecule has 0 aromatic heterocycles. The second-order valence-electron chi connectivity index (χ2n) is 5.00. The lowest BCUT2D eigenvalue weighted by atomic mass is 9.96. The molecule has 0 radical (unpaired) electrons. The first-order valence-corrected chi connectivity index (χ1v) is 5.14. The maximum Gasteiger partial charge on any atom is 0.168 e. The zero-order valence-corrected chi connectivity index (χ0v) is 9.60. The van der Waals surface area contributed by atoms with Crippen molar-refractivity contribution in [1.29, 1.82) is 0 Å².